The molecule has 7 heteroatoms. The number of methoxy groups -OCH3 is 1. The molecule has 7 rings (SSSR count). The van der Waals surface area contributed by atoms with Crippen LogP contribution >= 0.6 is 0 Å². The van der Waals surface area contributed by atoms with E-state index >= 15 is 0 Å². The number of benzene rings is 4. The van der Waals surface area contributed by atoms with Gasteiger partial charge in [-0.15, -0.1) is 0 Å². The molecule has 3 aliphatic heterocycles. The Morgan fingerprint density at radius 2 is 1.76 bits per heavy atom. The standard InChI is InChI=1S/C35H28O7/c1-38-30-19-23(8-11-28(30)40-15-13-22-7-10-27-24(17-22)14-16-39-27)26-20-32(36)41-29-12-9-25-34(37)31(42-35(25)33(26)29)18-21-5-3-2-4-6-21/h2-12,17-19,26H,13-16,20H2,1H3. The number of hydrogen-bond donors (Lipinski definition) is 0. The summed E-state index contributed by atoms with van der Waals surface area (Å²) in [6.45, 7) is 1.22. The van der Waals surface area contributed by atoms with E-state index in [9.17, 15) is 9.59 Å². The average Bonchev–Trinajstić information content (AvgIpc) is 3.61. The fourth-order valence-corrected chi connectivity index (χ4v) is 5.79. The molecule has 0 saturated carbocycles. The molecule has 7 nitrogen and oxygen atoms in total. The van der Waals surface area contributed by atoms with Crippen LogP contribution in [0.2, 0.25) is 0 Å². The maximum atomic E-state index is 13.3. The molecule has 0 radical (unpaired) electrons. The molecule has 210 valence electrons. The van der Waals surface area contributed by atoms with Gasteiger partial charge in [0, 0.05) is 24.3 Å². The van der Waals surface area contributed by atoms with Crippen molar-refractivity contribution in [2.45, 2.75) is 25.2 Å². The molecule has 0 aromatic heterocycles. The van der Waals surface area contributed by atoms with Crippen molar-refractivity contribution in [2.24, 2.45) is 0 Å². The molecule has 0 N–H and O–H groups in total. The van der Waals surface area contributed by atoms with Crippen LogP contribution in [0.1, 0.15) is 50.5 Å². The van der Waals surface area contributed by atoms with E-state index < -0.39 is 5.92 Å². The fourth-order valence-electron chi connectivity index (χ4n) is 5.79. The average molecular weight is 561 g/mol. The van der Waals surface area contributed by atoms with Crippen molar-refractivity contribution in [1.82, 2.24) is 0 Å². The number of fused-ring (bicyclic) bond motifs is 4. The number of carbonyl (C=O) groups excluding carboxylic acids is 2. The summed E-state index contributed by atoms with van der Waals surface area (Å²) in [5, 5.41) is 0. The van der Waals surface area contributed by atoms with Crippen molar-refractivity contribution in [3.05, 3.63) is 118 Å². The van der Waals surface area contributed by atoms with Crippen molar-refractivity contribution in [1.29, 1.82) is 0 Å². The Hall–Kier alpha value is -5.04. The maximum Gasteiger partial charge on any atom is 0.312 e. The predicted octanol–water partition coefficient (Wildman–Crippen LogP) is 6.31. The molecule has 1 atom stereocenters. The second-order valence-electron chi connectivity index (χ2n) is 10.5. The number of ether oxygens (including phenoxy) is 5. The van der Waals surface area contributed by atoms with E-state index in [0.29, 0.717) is 40.7 Å². The molecule has 42 heavy (non-hydrogen) atoms. The Morgan fingerprint density at radius 3 is 2.62 bits per heavy atom. The zero-order valence-electron chi connectivity index (χ0n) is 23.1. The molecule has 0 fully saturated rings. The van der Waals surface area contributed by atoms with Crippen molar-refractivity contribution in [3.8, 4) is 28.7 Å². The Balaban J connectivity index is 1.15. The first-order valence-electron chi connectivity index (χ1n) is 14.0. The molecular formula is C35H28O7. The number of esters is 1. The summed E-state index contributed by atoms with van der Waals surface area (Å²) in [4.78, 5) is 25.9. The zero-order valence-corrected chi connectivity index (χ0v) is 23.1. The summed E-state index contributed by atoms with van der Waals surface area (Å²) in [6.07, 6.45) is 3.51. The molecule has 0 bridgehead atoms. The Kier molecular flexibility index (Phi) is 6.62. The summed E-state index contributed by atoms with van der Waals surface area (Å²) < 4.78 is 29.2. The number of hydrogen-bond acceptors (Lipinski definition) is 7. The van der Waals surface area contributed by atoms with E-state index in [4.69, 9.17) is 23.7 Å². The molecule has 0 aliphatic carbocycles. The number of Topliss-reactive ketones (excluding diaryl/α,β-unsaturated/α-hetero) is 1. The van der Waals surface area contributed by atoms with Gasteiger partial charge in [-0.05, 0) is 58.7 Å². The smallest absolute Gasteiger partial charge is 0.312 e. The van der Waals surface area contributed by atoms with Gasteiger partial charge in [-0.25, -0.2) is 0 Å². The number of rotatable bonds is 7. The second-order valence-corrected chi connectivity index (χ2v) is 10.5. The van der Waals surface area contributed by atoms with Gasteiger partial charge in [0.1, 0.15) is 17.2 Å². The molecule has 4 aromatic carbocycles. The van der Waals surface area contributed by atoms with Crippen LogP contribution in [0, 0.1) is 0 Å². The van der Waals surface area contributed by atoms with Gasteiger partial charge in [-0.3, -0.25) is 9.59 Å². The van der Waals surface area contributed by atoms with Gasteiger partial charge in [0.25, 0.3) is 0 Å². The summed E-state index contributed by atoms with van der Waals surface area (Å²) in [6, 6.07) is 24.8. The largest absolute Gasteiger partial charge is 0.493 e. The molecule has 0 saturated heterocycles. The monoisotopic (exact) mass is 560 g/mol. The summed E-state index contributed by atoms with van der Waals surface area (Å²) >= 11 is 0. The maximum absolute atomic E-state index is 13.3. The highest BCUT2D eigenvalue weighted by molar-refractivity contribution is 6.15. The predicted molar refractivity (Wildman–Crippen MR) is 156 cm³/mol. The van der Waals surface area contributed by atoms with Gasteiger partial charge < -0.3 is 23.7 Å². The van der Waals surface area contributed by atoms with Gasteiger partial charge in [-0.1, -0.05) is 48.5 Å². The van der Waals surface area contributed by atoms with Crippen LogP contribution in [-0.4, -0.2) is 32.1 Å². The highest BCUT2D eigenvalue weighted by atomic mass is 16.5. The SMILES string of the molecule is COc1cc(C2CC(=O)Oc3ccc4c(c32)OC(=Cc2ccccc2)C4=O)ccc1OCCc1ccc2c(c1)CCO2. The van der Waals surface area contributed by atoms with Crippen molar-refractivity contribution >= 4 is 17.8 Å². The first kappa shape index (κ1) is 25.9. The lowest BCUT2D eigenvalue weighted by Gasteiger charge is -2.26. The van der Waals surface area contributed by atoms with Crippen molar-refractivity contribution in [3.63, 3.8) is 0 Å². The molecular weight excluding hydrogens is 532 g/mol. The minimum Gasteiger partial charge on any atom is -0.493 e. The minimum absolute atomic E-state index is 0.101. The lowest BCUT2D eigenvalue weighted by molar-refractivity contribution is -0.135. The van der Waals surface area contributed by atoms with Crippen LogP contribution < -0.4 is 23.7 Å². The van der Waals surface area contributed by atoms with Crippen LogP contribution in [0.5, 0.6) is 28.7 Å². The highest BCUT2D eigenvalue weighted by Crippen LogP contribution is 2.49. The number of carbonyl (C=O) groups is 2. The van der Waals surface area contributed by atoms with E-state index in [-0.39, 0.29) is 23.9 Å². The van der Waals surface area contributed by atoms with Gasteiger partial charge >= 0.3 is 5.97 Å². The topological polar surface area (TPSA) is 80.3 Å². The molecule has 4 aromatic rings. The van der Waals surface area contributed by atoms with Crippen LogP contribution in [0.4, 0.5) is 0 Å². The van der Waals surface area contributed by atoms with Crippen LogP contribution in [0.25, 0.3) is 6.08 Å². The van der Waals surface area contributed by atoms with Crippen LogP contribution in [-0.2, 0) is 17.6 Å². The number of allylic oxidation sites excluding steroid dienone is 1. The lowest BCUT2D eigenvalue weighted by atomic mass is 9.84. The Morgan fingerprint density at radius 1 is 0.905 bits per heavy atom. The van der Waals surface area contributed by atoms with Crippen LogP contribution in [0.15, 0.2) is 84.6 Å². The second kappa shape index (κ2) is 10.7. The van der Waals surface area contributed by atoms with E-state index in [1.807, 2.05) is 54.6 Å². The van der Waals surface area contributed by atoms with Gasteiger partial charge in [0.05, 0.1) is 32.3 Å². The lowest BCUT2D eigenvalue weighted by Crippen LogP contribution is -2.21. The highest BCUT2D eigenvalue weighted by Gasteiger charge is 2.38. The van der Waals surface area contributed by atoms with E-state index in [0.717, 1.165) is 36.3 Å². The normalized spacial score (nSPS) is 17.5. The summed E-state index contributed by atoms with van der Waals surface area (Å²) in [7, 11) is 1.59. The summed E-state index contributed by atoms with van der Waals surface area (Å²) in [5.41, 5.74) is 5.24. The number of ketones is 1. The third-order valence-corrected chi connectivity index (χ3v) is 7.87. The molecule has 0 amide bonds. The third-order valence-electron chi connectivity index (χ3n) is 7.87. The van der Waals surface area contributed by atoms with E-state index in [2.05, 4.69) is 12.1 Å². The Bertz CT molecular complexity index is 1740. The van der Waals surface area contributed by atoms with Crippen molar-refractivity contribution in [2.75, 3.05) is 20.3 Å². The molecule has 1 unspecified atom stereocenters. The van der Waals surface area contributed by atoms with Gasteiger partial charge in [0.2, 0.25) is 5.78 Å². The molecule has 0 spiro atoms. The Labute approximate surface area is 243 Å². The van der Waals surface area contributed by atoms with Crippen LogP contribution in [0.3, 0.4) is 0 Å². The molecule has 3 aliphatic rings. The first-order valence-corrected chi connectivity index (χ1v) is 14.0. The zero-order chi connectivity index (χ0) is 28.6. The van der Waals surface area contributed by atoms with E-state index in [1.165, 1.54) is 11.1 Å². The molecule has 3 heterocycles. The first-order chi connectivity index (χ1) is 20.6. The van der Waals surface area contributed by atoms with E-state index in [1.54, 1.807) is 25.3 Å². The third kappa shape index (κ3) is 4.77. The van der Waals surface area contributed by atoms with Gasteiger partial charge in [0.15, 0.2) is 17.3 Å². The van der Waals surface area contributed by atoms with Gasteiger partial charge in [-0.2, -0.15) is 0 Å². The van der Waals surface area contributed by atoms with Crippen molar-refractivity contribution < 1.29 is 33.3 Å². The fraction of sp³-hybridized carbons (Fsp3) is 0.200. The minimum atomic E-state index is -0.392. The quantitative estimate of drug-likeness (QED) is 0.149. The summed E-state index contributed by atoms with van der Waals surface area (Å²) in [5.74, 6) is 2.24.